The van der Waals surface area contributed by atoms with E-state index in [1.54, 1.807) is 24.7 Å². The molecule has 0 radical (unpaired) electrons. The Kier molecular flexibility index (Phi) is 4.00. The van der Waals surface area contributed by atoms with E-state index in [2.05, 4.69) is 20.3 Å². The molecule has 0 saturated heterocycles. The van der Waals surface area contributed by atoms with Crippen LogP contribution in [0.4, 0.5) is 5.82 Å². The normalized spacial score (nSPS) is 11.0. The van der Waals surface area contributed by atoms with Crippen LogP contribution in [0, 0.1) is 6.92 Å². The highest BCUT2D eigenvalue weighted by Crippen LogP contribution is 2.18. The van der Waals surface area contributed by atoms with E-state index in [1.807, 2.05) is 25.1 Å². The minimum Gasteiger partial charge on any atom is -0.365 e. The lowest BCUT2D eigenvalue weighted by Gasteiger charge is -2.11. The summed E-state index contributed by atoms with van der Waals surface area (Å²) >= 11 is 0. The Hall–Kier alpha value is -3.81. The molecule has 0 fully saturated rings. The molecule has 134 valence electrons. The van der Waals surface area contributed by atoms with E-state index in [0.29, 0.717) is 12.2 Å². The van der Waals surface area contributed by atoms with Crippen molar-refractivity contribution in [2.75, 3.05) is 5.32 Å². The maximum absolute atomic E-state index is 12.8. The van der Waals surface area contributed by atoms with Gasteiger partial charge in [0.25, 0.3) is 11.5 Å². The number of pyridine rings is 3. The van der Waals surface area contributed by atoms with Crippen molar-refractivity contribution >= 4 is 28.4 Å². The van der Waals surface area contributed by atoms with Gasteiger partial charge in [-0.3, -0.25) is 19.0 Å². The summed E-state index contributed by atoms with van der Waals surface area (Å²) in [7, 11) is 0. The van der Waals surface area contributed by atoms with Gasteiger partial charge in [-0.2, -0.15) is 0 Å². The van der Waals surface area contributed by atoms with Crippen LogP contribution < -0.4 is 16.6 Å². The number of nitrogens with two attached hydrogens (primary N) is 1. The van der Waals surface area contributed by atoms with Crippen LogP contribution in [0.5, 0.6) is 0 Å². The first-order valence-corrected chi connectivity index (χ1v) is 8.29. The SMILES string of the molecule is Cc1ccc2nc3nc(NCc4cccnc4)c(C(N)=O)cc3c(=O)n2c1. The second-order valence-electron chi connectivity index (χ2n) is 6.19. The van der Waals surface area contributed by atoms with Gasteiger partial charge in [0.1, 0.15) is 11.5 Å². The lowest BCUT2D eigenvalue weighted by molar-refractivity contribution is 0.100. The van der Waals surface area contributed by atoms with Gasteiger partial charge >= 0.3 is 0 Å². The number of aryl methyl sites for hydroxylation is 1. The molecule has 0 spiro atoms. The molecule has 4 rings (SSSR count). The molecule has 8 nitrogen and oxygen atoms in total. The number of carbonyl (C=O) groups excluding carboxylic acids is 1. The lowest BCUT2D eigenvalue weighted by Crippen LogP contribution is -2.20. The van der Waals surface area contributed by atoms with E-state index in [-0.39, 0.29) is 28.0 Å². The van der Waals surface area contributed by atoms with Gasteiger partial charge in [0.05, 0.1) is 10.9 Å². The molecule has 0 saturated carbocycles. The van der Waals surface area contributed by atoms with Crippen molar-refractivity contribution in [1.82, 2.24) is 19.4 Å². The summed E-state index contributed by atoms with van der Waals surface area (Å²) in [5, 5.41) is 3.31. The molecule has 27 heavy (non-hydrogen) atoms. The smallest absolute Gasteiger partial charge is 0.267 e. The van der Waals surface area contributed by atoms with Crippen molar-refractivity contribution in [3.63, 3.8) is 0 Å². The number of nitrogens with zero attached hydrogens (tertiary/aromatic N) is 4. The first-order chi connectivity index (χ1) is 13.0. The molecule has 4 heterocycles. The number of rotatable bonds is 4. The van der Waals surface area contributed by atoms with Gasteiger partial charge in [0, 0.05) is 25.1 Å². The topological polar surface area (TPSA) is 115 Å². The molecule has 4 aromatic rings. The maximum Gasteiger partial charge on any atom is 0.267 e. The number of primary amides is 1. The number of aromatic nitrogens is 4. The first kappa shape index (κ1) is 16.6. The predicted molar refractivity (Wildman–Crippen MR) is 102 cm³/mol. The molecule has 0 unspecified atom stereocenters. The summed E-state index contributed by atoms with van der Waals surface area (Å²) in [5.41, 5.74) is 7.91. The van der Waals surface area contributed by atoms with Crippen LogP contribution in [0.3, 0.4) is 0 Å². The van der Waals surface area contributed by atoms with Gasteiger partial charge in [-0.15, -0.1) is 0 Å². The maximum atomic E-state index is 12.8. The number of carbonyl (C=O) groups is 1. The van der Waals surface area contributed by atoms with E-state index >= 15 is 0 Å². The minimum atomic E-state index is -0.674. The van der Waals surface area contributed by atoms with Crippen molar-refractivity contribution in [2.24, 2.45) is 5.73 Å². The molecule has 0 atom stereocenters. The largest absolute Gasteiger partial charge is 0.365 e. The van der Waals surface area contributed by atoms with Crippen LogP contribution in [-0.4, -0.2) is 25.3 Å². The molecule has 1 amide bonds. The molecule has 4 aromatic heterocycles. The first-order valence-electron chi connectivity index (χ1n) is 8.29. The molecule has 0 aliphatic carbocycles. The Morgan fingerprint density at radius 1 is 1.26 bits per heavy atom. The fourth-order valence-electron chi connectivity index (χ4n) is 2.85. The second-order valence-corrected chi connectivity index (χ2v) is 6.19. The van der Waals surface area contributed by atoms with Gasteiger partial charge in [-0.05, 0) is 36.2 Å². The zero-order chi connectivity index (χ0) is 19.0. The summed E-state index contributed by atoms with van der Waals surface area (Å²) in [6.07, 6.45) is 5.08. The Morgan fingerprint density at radius 2 is 2.11 bits per heavy atom. The molecular weight excluding hydrogens is 344 g/mol. The van der Waals surface area contributed by atoms with E-state index in [9.17, 15) is 9.59 Å². The number of anilines is 1. The van der Waals surface area contributed by atoms with Crippen molar-refractivity contribution in [3.8, 4) is 0 Å². The van der Waals surface area contributed by atoms with Crippen LogP contribution >= 0.6 is 0 Å². The van der Waals surface area contributed by atoms with Crippen LogP contribution in [-0.2, 0) is 6.54 Å². The number of fused-ring (bicyclic) bond motifs is 2. The molecule has 3 N–H and O–H groups in total. The number of hydrogen-bond acceptors (Lipinski definition) is 6. The monoisotopic (exact) mass is 360 g/mol. The van der Waals surface area contributed by atoms with Crippen molar-refractivity contribution in [2.45, 2.75) is 13.5 Å². The minimum absolute atomic E-state index is 0.137. The third-order valence-corrected chi connectivity index (χ3v) is 4.20. The number of amides is 1. The van der Waals surface area contributed by atoms with Gasteiger partial charge in [-0.25, -0.2) is 9.97 Å². The van der Waals surface area contributed by atoms with Crippen LogP contribution in [0.25, 0.3) is 16.7 Å². The standard InChI is InChI=1S/C19H16N6O2/c1-11-4-5-15-23-18-14(19(27)25(15)10-11)7-13(16(20)26)17(24-18)22-9-12-3-2-6-21-8-12/h2-8,10H,9H2,1H3,(H2,20,26)(H,22,24). The second kappa shape index (κ2) is 6.49. The third kappa shape index (κ3) is 3.08. The summed E-state index contributed by atoms with van der Waals surface area (Å²) in [6, 6.07) is 8.78. The quantitative estimate of drug-likeness (QED) is 0.535. The summed E-state index contributed by atoms with van der Waals surface area (Å²) in [4.78, 5) is 37.6. The zero-order valence-electron chi connectivity index (χ0n) is 14.5. The molecule has 0 aliphatic heterocycles. The Morgan fingerprint density at radius 3 is 2.85 bits per heavy atom. The van der Waals surface area contributed by atoms with Crippen molar-refractivity contribution in [3.05, 3.63) is 76.0 Å². The van der Waals surface area contributed by atoms with Crippen molar-refractivity contribution in [1.29, 1.82) is 0 Å². The highest BCUT2D eigenvalue weighted by Gasteiger charge is 2.16. The summed E-state index contributed by atoms with van der Waals surface area (Å²) < 4.78 is 1.44. The Labute approximate surface area is 153 Å². The summed E-state index contributed by atoms with van der Waals surface area (Å²) in [5.74, 6) is -0.394. The molecular formula is C19H16N6O2. The fourth-order valence-corrected chi connectivity index (χ4v) is 2.85. The summed E-state index contributed by atoms with van der Waals surface area (Å²) in [6.45, 7) is 2.28. The molecule has 0 aromatic carbocycles. The highest BCUT2D eigenvalue weighted by molar-refractivity contribution is 6.00. The van der Waals surface area contributed by atoms with Gasteiger partial charge in [0.15, 0.2) is 5.65 Å². The molecule has 0 aliphatic rings. The van der Waals surface area contributed by atoms with Gasteiger partial charge in [-0.1, -0.05) is 12.1 Å². The van der Waals surface area contributed by atoms with Crippen LogP contribution in [0.2, 0.25) is 0 Å². The van der Waals surface area contributed by atoms with Crippen LogP contribution in [0.15, 0.2) is 53.7 Å². The van der Waals surface area contributed by atoms with Gasteiger partial charge in [0.2, 0.25) is 0 Å². The Bertz CT molecular complexity index is 1230. The van der Waals surface area contributed by atoms with E-state index in [1.165, 1.54) is 10.5 Å². The zero-order valence-corrected chi connectivity index (χ0v) is 14.5. The fraction of sp³-hybridized carbons (Fsp3) is 0.105. The van der Waals surface area contributed by atoms with Crippen LogP contribution in [0.1, 0.15) is 21.5 Å². The van der Waals surface area contributed by atoms with E-state index in [4.69, 9.17) is 5.73 Å². The van der Waals surface area contributed by atoms with E-state index in [0.717, 1.165) is 11.1 Å². The number of hydrogen-bond donors (Lipinski definition) is 2. The van der Waals surface area contributed by atoms with Gasteiger partial charge < -0.3 is 11.1 Å². The lowest BCUT2D eigenvalue weighted by atomic mass is 10.2. The predicted octanol–water partition coefficient (Wildman–Crippen LogP) is 1.66. The third-order valence-electron chi connectivity index (χ3n) is 4.20. The Balaban J connectivity index is 1.87. The average Bonchev–Trinajstić information content (AvgIpc) is 2.67. The molecule has 0 bridgehead atoms. The molecule has 8 heteroatoms. The van der Waals surface area contributed by atoms with Crippen molar-refractivity contribution < 1.29 is 4.79 Å². The average molecular weight is 360 g/mol. The highest BCUT2D eigenvalue weighted by atomic mass is 16.1. The van der Waals surface area contributed by atoms with E-state index < -0.39 is 5.91 Å². The number of nitrogens with one attached hydrogen (secondary N) is 1.